The molecule has 1 aromatic heterocycles. The van der Waals surface area contributed by atoms with Crippen LogP contribution in [0.1, 0.15) is 16.1 Å². The highest BCUT2D eigenvalue weighted by Crippen LogP contribution is 2.23. The Morgan fingerprint density at radius 2 is 1.42 bits per heavy atom. The van der Waals surface area contributed by atoms with Gasteiger partial charge in [0.15, 0.2) is 0 Å². The van der Waals surface area contributed by atoms with Crippen LogP contribution in [0.15, 0.2) is 115 Å². The molecule has 0 spiro atoms. The molecule has 5 rings (SSSR count). The second-order valence-corrected chi connectivity index (χ2v) is 8.73. The number of aromatic nitrogens is 1. The van der Waals surface area contributed by atoms with E-state index in [2.05, 4.69) is 15.6 Å². The van der Waals surface area contributed by atoms with Crippen molar-refractivity contribution in [2.75, 3.05) is 11.9 Å². The Balaban J connectivity index is 1.26. The normalized spacial score (nSPS) is 11.6. The first-order valence-corrected chi connectivity index (χ1v) is 12.3. The van der Waals surface area contributed by atoms with Gasteiger partial charge < -0.3 is 25.1 Å². The number of aromatic amines is 1. The number of anilines is 1. The van der Waals surface area contributed by atoms with Gasteiger partial charge in [-0.15, -0.1) is 0 Å². The highest BCUT2D eigenvalue weighted by atomic mass is 16.5. The Morgan fingerprint density at radius 1 is 0.763 bits per heavy atom. The van der Waals surface area contributed by atoms with Gasteiger partial charge >= 0.3 is 0 Å². The van der Waals surface area contributed by atoms with Gasteiger partial charge in [0.25, 0.3) is 5.91 Å². The molecule has 3 N–H and O–H groups in total. The highest BCUT2D eigenvalue weighted by molar-refractivity contribution is 6.02. The second-order valence-electron chi connectivity index (χ2n) is 8.73. The van der Waals surface area contributed by atoms with Gasteiger partial charge in [-0.05, 0) is 54.1 Å². The lowest BCUT2D eigenvalue weighted by Crippen LogP contribution is -2.46. The summed E-state index contributed by atoms with van der Waals surface area (Å²) in [4.78, 5) is 29.4. The number of fused-ring (bicyclic) bond motifs is 1. The number of benzene rings is 4. The standard InChI is InChI=1S/C31H27N3O4/c35-30(28-19-23-11-7-8-14-27(23)33-28)34-29(21-37-20-22-9-3-1-4-10-22)31(36)32-24-15-17-26(18-16-24)38-25-12-5-2-6-13-25/h1-19,29,33H,20-21H2,(H,32,36)(H,34,35). The van der Waals surface area contributed by atoms with E-state index >= 15 is 0 Å². The molecule has 0 radical (unpaired) electrons. The number of para-hydroxylation sites is 2. The third-order valence-electron chi connectivity index (χ3n) is 5.89. The summed E-state index contributed by atoms with van der Waals surface area (Å²) >= 11 is 0. The van der Waals surface area contributed by atoms with Gasteiger partial charge in [0.05, 0.1) is 13.2 Å². The van der Waals surface area contributed by atoms with Crippen molar-refractivity contribution in [3.8, 4) is 11.5 Å². The molecular weight excluding hydrogens is 478 g/mol. The molecule has 1 atom stereocenters. The van der Waals surface area contributed by atoms with E-state index in [1.807, 2.05) is 84.9 Å². The van der Waals surface area contributed by atoms with E-state index < -0.39 is 11.9 Å². The Kier molecular flexibility index (Phi) is 7.77. The molecule has 0 aliphatic heterocycles. The van der Waals surface area contributed by atoms with Crippen molar-refractivity contribution in [1.82, 2.24) is 10.3 Å². The number of H-pyrrole nitrogens is 1. The first-order valence-electron chi connectivity index (χ1n) is 12.3. The van der Waals surface area contributed by atoms with Gasteiger partial charge in [-0.25, -0.2) is 0 Å². The number of rotatable bonds is 10. The number of carbonyl (C=O) groups excluding carboxylic acids is 2. The fourth-order valence-electron chi connectivity index (χ4n) is 3.94. The number of amides is 2. The van der Waals surface area contributed by atoms with Crippen LogP contribution in [0.3, 0.4) is 0 Å². The van der Waals surface area contributed by atoms with E-state index in [0.29, 0.717) is 23.7 Å². The number of hydrogen-bond donors (Lipinski definition) is 3. The lowest BCUT2D eigenvalue weighted by molar-refractivity contribution is -0.119. The number of hydrogen-bond acceptors (Lipinski definition) is 4. The van der Waals surface area contributed by atoms with E-state index in [9.17, 15) is 9.59 Å². The highest BCUT2D eigenvalue weighted by Gasteiger charge is 2.23. The van der Waals surface area contributed by atoms with Crippen molar-refractivity contribution in [3.05, 3.63) is 127 Å². The van der Waals surface area contributed by atoms with Crippen LogP contribution in [0.5, 0.6) is 11.5 Å². The average Bonchev–Trinajstić information content (AvgIpc) is 3.39. The Labute approximate surface area is 220 Å². The smallest absolute Gasteiger partial charge is 0.268 e. The molecule has 1 unspecified atom stereocenters. The minimum absolute atomic E-state index is 0.00188. The third-order valence-corrected chi connectivity index (χ3v) is 5.89. The first-order chi connectivity index (χ1) is 18.6. The quantitative estimate of drug-likeness (QED) is 0.220. The van der Waals surface area contributed by atoms with Crippen molar-refractivity contribution in [3.63, 3.8) is 0 Å². The lowest BCUT2D eigenvalue weighted by atomic mass is 10.2. The summed E-state index contributed by atoms with van der Waals surface area (Å²) in [5, 5.41) is 6.59. The van der Waals surface area contributed by atoms with Crippen molar-refractivity contribution in [1.29, 1.82) is 0 Å². The zero-order valence-electron chi connectivity index (χ0n) is 20.6. The van der Waals surface area contributed by atoms with Crippen LogP contribution in [-0.4, -0.2) is 29.4 Å². The number of carbonyl (C=O) groups is 2. The molecule has 0 saturated carbocycles. The molecule has 0 aliphatic carbocycles. The van der Waals surface area contributed by atoms with Gasteiger partial charge in [0.1, 0.15) is 23.2 Å². The molecule has 7 heteroatoms. The zero-order chi connectivity index (χ0) is 26.2. The van der Waals surface area contributed by atoms with E-state index in [1.54, 1.807) is 30.3 Å². The summed E-state index contributed by atoms with van der Waals surface area (Å²) in [7, 11) is 0. The summed E-state index contributed by atoms with van der Waals surface area (Å²) in [5.41, 5.74) is 2.76. The van der Waals surface area contributed by atoms with E-state index in [4.69, 9.17) is 9.47 Å². The fourth-order valence-corrected chi connectivity index (χ4v) is 3.94. The SMILES string of the molecule is O=C(NC(COCc1ccccc1)C(=O)Nc1ccc(Oc2ccccc2)cc1)c1cc2ccccc2[nH]1. The van der Waals surface area contributed by atoms with Crippen molar-refractivity contribution in [2.24, 2.45) is 0 Å². The van der Waals surface area contributed by atoms with Crippen LogP contribution in [0, 0.1) is 0 Å². The van der Waals surface area contributed by atoms with Gasteiger partial charge in [-0.1, -0.05) is 66.7 Å². The van der Waals surface area contributed by atoms with E-state index in [0.717, 1.165) is 22.2 Å². The van der Waals surface area contributed by atoms with Gasteiger partial charge in [-0.3, -0.25) is 9.59 Å². The molecule has 0 bridgehead atoms. The van der Waals surface area contributed by atoms with Gasteiger partial charge in [-0.2, -0.15) is 0 Å². The molecule has 0 aliphatic rings. The Morgan fingerprint density at radius 3 is 2.16 bits per heavy atom. The summed E-state index contributed by atoms with van der Waals surface area (Å²) in [6.07, 6.45) is 0. The summed E-state index contributed by atoms with van der Waals surface area (Å²) in [5.74, 6) is 0.583. The van der Waals surface area contributed by atoms with Crippen molar-refractivity contribution in [2.45, 2.75) is 12.6 Å². The number of ether oxygens (including phenoxy) is 2. The molecule has 1 heterocycles. The minimum Gasteiger partial charge on any atom is -0.457 e. The maximum atomic E-state index is 13.2. The maximum absolute atomic E-state index is 13.2. The average molecular weight is 506 g/mol. The molecule has 0 fully saturated rings. The minimum atomic E-state index is -0.919. The first kappa shape index (κ1) is 24.8. The third kappa shape index (κ3) is 6.46. The molecule has 5 aromatic rings. The molecular formula is C31H27N3O4. The van der Waals surface area contributed by atoms with Crippen LogP contribution in [0.25, 0.3) is 10.9 Å². The van der Waals surface area contributed by atoms with Crippen molar-refractivity contribution >= 4 is 28.4 Å². The zero-order valence-corrected chi connectivity index (χ0v) is 20.6. The molecule has 38 heavy (non-hydrogen) atoms. The van der Waals surface area contributed by atoms with Gasteiger partial charge in [0.2, 0.25) is 5.91 Å². The van der Waals surface area contributed by atoms with E-state index in [-0.39, 0.29) is 12.5 Å². The Bertz CT molecular complexity index is 1470. The second kappa shape index (κ2) is 11.9. The van der Waals surface area contributed by atoms with E-state index in [1.165, 1.54) is 0 Å². The largest absolute Gasteiger partial charge is 0.457 e. The summed E-state index contributed by atoms with van der Waals surface area (Å²) < 4.78 is 11.6. The Hall–Kier alpha value is -4.88. The maximum Gasteiger partial charge on any atom is 0.268 e. The van der Waals surface area contributed by atoms with Crippen LogP contribution in [-0.2, 0) is 16.1 Å². The molecule has 2 amide bonds. The van der Waals surface area contributed by atoms with Crippen LogP contribution < -0.4 is 15.4 Å². The lowest BCUT2D eigenvalue weighted by Gasteiger charge is -2.19. The molecule has 0 saturated heterocycles. The van der Waals surface area contributed by atoms with Crippen LogP contribution in [0.4, 0.5) is 5.69 Å². The summed E-state index contributed by atoms with van der Waals surface area (Å²) in [6.45, 7) is 0.320. The van der Waals surface area contributed by atoms with Gasteiger partial charge in [0, 0.05) is 16.6 Å². The topological polar surface area (TPSA) is 92.4 Å². The predicted molar refractivity (Wildman–Crippen MR) is 147 cm³/mol. The summed E-state index contributed by atoms with van der Waals surface area (Å²) in [6, 6.07) is 34.6. The fraction of sp³-hybridized carbons (Fsp3) is 0.0968. The monoisotopic (exact) mass is 505 g/mol. The van der Waals surface area contributed by atoms with Crippen LogP contribution >= 0.6 is 0 Å². The van der Waals surface area contributed by atoms with Crippen molar-refractivity contribution < 1.29 is 19.1 Å². The molecule has 7 nitrogen and oxygen atoms in total. The predicted octanol–water partition coefficient (Wildman–Crippen LogP) is 5.91. The number of nitrogens with one attached hydrogen (secondary N) is 3. The van der Waals surface area contributed by atoms with Crippen LogP contribution in [0.2, 0.25) is 0 Å². The molecule has 190 valence electrons. The molecule has 4 aromatic carbocycles.